The maximum Gasteiger partial charge on any atom is 0.331 e. The Bertz CT molecular complexity index is 1260. The van der Waals surface area contributed by atoms with Crippen molar-refractivity contribution in [1.29, 1.82) is 0 Å². The molecule has 58 heavy (non-hydrogen) atoms. The van der Waals surface area contributed by atoms with Crippen LogP contribution in [0.3, 0.4) is 0 Å². The van der Waals surface area contributed by atoms with Crippen LogP contribution >= 0.6 is 0 Å². The molecule has 0 amide bonds. The highest BCUT2D eigenvalue weighted by atomic mass is 32.2. The van der Waals surface area contributed by atoms with Gasteiger partial charge in [0.05, 0.1) is 6.61 Å². The van der Waals surface area contributed by atoms with Crippen molar-refractivity contribution >= 4 is 22.1 Å². The molecule has 4 N–H and O–H groups in total. The molecule has 1 fully saturated rings. The van der Waals surface area contributed by atoms with E-state index in [1.54, 1.807) is 12.2 Å². The smallest absolute Gasteiger partial charge is 0.331 e. The third-order valence-electron chi connectivity index (χ3n) is 9.99. The van der Waals surface area contributed by atoms with E-state index in [9.17, 15) is 37.9 Å². The summed E-state index contributed by atoms with van der Waals surface area (Å²) in [5.74, 6) is -2.27. The Kier molecular flexibility index (Phi) is 32.7. The molecule has 13 heteroatoms. The summed E-state index contributed by atoms with van der Waals surface area (Å²) in [5.41, 5.74) is 0. The predicted octanol–water partition coefficient (Wildman–Crippen LogP) is 8.78. The Labute approximate surface area is 350 Å². The Morgan fingerprint density at radius 2 is 1.16 bits per heavy atom. The number of carbonyl (C=O) groups is 2. The molecule has 0 radical (unpaired) electrons. The summed E-state index contributed by atoms with van der Waals surface area (Å²) in [4.78, 5) is 25.2. The maximum atomic E-state index is 12.7. The molecule has 1 aliphatic rings. The van der Waals surface area contributed by atoms with Gasteiger partial charge >= 0.3 is 11.9 Å². The lowest BCUT2D eigenvalue weighted by Crippen LogP contribution is -2.60. The molecule has 1 saturated heterocycles. The molecule has 0 saturated carbocycles. The van der Waals surface area contributed by atoms with Crippen molar-refractivity contribution in [1.82, 2.24) is 0 Å². The number of aliphatic hydroxyl groups is 3. The quantitative estimate of drug-likeness (QED) is 0.0118. The summed E-state index contributed by atoms with van der Waals surface area (Å²) in [6.45, 7) is 3.61. The minimum absolute atomic E-state index is 0.182. The minimum Gasteiger partial charge on any atom is -0.462 e. The van der Waals surface area contributed by atoms with Crippen LogP contribution < -0.4 is 0 Å². The normalized spacial score (nSPS) is 20.8. The molecule has 1 heterocycles. The number of rotatable bonds is 36. The first kappa shape index (κ1) is 53.6. The summed E-state index contributed by atoms with van der Waals surface area (Å²) < 4.78 is 53.8. The van der Waals surface area contributed by atoms with Crippen LogP contribution in [0.25, 0.3) is 0 Å². The zero-order chi connectivity index (χ0) is 42.7. The van der Waals surface area contributed by atoms with Gasteiger partial charge in [0.1, 0.15) is 36.8 Å². The fraction of sp³-hybridized carbons (Fsp3) is 0.778. The van der Waals surface area contributed by atoms with Gasteiger partial charge in [0.2, 0.25) is 0 Å². The maximum absolute atomic E-state index is 12.7. The Morgan fingerprint density at radius 3 is 1.74 bits per heavy atom. The van der Waals surface area contributed by atoms with Gasteiger partial charge in [0, 0.05) is 12.5 Å². The molecule has 0 bridgehead atoms. The van der Waals surface area contributed by atoms with Gasteiger partial charge in [-0.05, 0) is 51.4 Å². The summed E-state index contributed by atoms with van der Waals surface area (Å²) in [6.07, 6.45) is 32.2. The van der Waals surface area contributed by atoms with Crippen LogP contribution in [0.4, 0.5) is 0 Å². The number of carbonyl (C=O) groups excluding carboxylic acids is 2. The van der Waals surface area contributed by atoms with Crippen molar-refractivity contribution in [3.8, 4) is 0 Å². The predicted molar refractivity (Wildman–Crippen MR) is 229 cm³/mol. The molecule has 2 unspecified atom stereocenters. The number of hydrogen-bond acceptors (Lipinski definition) is 11. The molecule has 6 atom stereocenters. The first-order valence-corrected chi connectivity index (χ1v) is 23.8. The number of ether oxygens (including phenoxy) is 4. The first-order valence-electron chi connectivity index (χ1n) is 22.2. The molecular formula is C45H78O12S. The van der Waals surface area contributed by atoms with Crippen molar-refractivity contribution in [2.75, 3.05) is 19.0 Å². The van der Waals surface area contributed by atoms with Gasteiger partial charge in [-0.3, -0.25) is 9.35 Å². The fourth-order valence-corrected chi connectivity index (χ4v) is 7.19. The highest BCUT2D eigenvalue weighted by Crippen LogP contribution is 2.24. The lowest BCUT2D eigenvalue weighted by molar-refractivity contribution is -0.297. The number of aliphatic hydroxyl groups excluding tert-OH is 3. The summed E-state index contributed by atoms with van der Waals surface area (Å²) in [7, 11) is -4.61. The van der Waals surface area contributed by atoms with E-state index < -0.39 is 71.2 Å². The second kappa shape index (κ2) is 35.4. The average Bonchev–Trinajstić information content (AvgIpc) is 3.18. The Balaban J connectivity index is 2.53. The molecule has 0 aromatic carbocycles. The van der Waals surface area contributed by atoms with E-state index in [1.807, 2.05) is 6.08 Å². The van der Waals surface area contributed by atoms with Crippen LogP contribution in [0, 0.1) is 0 Å². The van der Waals surface area contributed by atoms with Crippen molar-refractivity contribution in [2.45, 2.75) is 205 Å². The van der Waals surface area contributed by atoms with E-state index in [0.717, 1.165) is 64.2 Å². The lowest BCUT2D eigenvalue weighted by atomic mass is 10.00. The third-order valence-corrected chi connectivity index (χ3v) is 10.7. The van der Waals surface area contributed by atoms with Gasteiger partial charge in [-0.25, -0.2) is 4.79 Å². The third kappa shape index (κ3) is 29.8. The van der Waals surface area contributed by atoms with Crippen LogP contribution in [0.2, 0.25) is 0 Å². The average molecular weight is 843 g/mol. The van der Waals surface area contributed by atoms with E-state index in [-0.39, 0.29) is 13.0 Å². The number of esters is 2. The van der Waals surface area contributed by atoms with Crippen LogP contribution in [0.1, 0.15) is 168 Å². The van der Waals surface area contributed by atoms with E-state index in [0.29, 0.717) is 6.42 Å². The van der Waals surface area contributed by atoms with Gasteiger partial charge < -0.3 is 34.3 Å². The molecule has 0 aliphatic carbocycles. The van der Waals surface area contributed by atoms with E-state index in [1.165, 1.54) is 83.1 Å². The van der Waals surface area contributed by atoms with Crippen molar-refractivity contribution in [3.05, 3.63) is 48.6 Å². The molecular weight excluding hydrogens is 765 g/mol. The van der Waals surface area contributed by atoms with Crippen molar-refractivity contribution in [2.24, 2.45) is 0 Å². The van der Waals surface area contributed by atoms with E-state index in [2.05, 4.69) is 38.2 Å². The largest absolute Gasteiger partial charge is 0.462 e. The summed E-state index contributed by atoms with van der Waals surface area (Å²) >= 11 is 0. The van der Waals surface area contributed by atoms with Crippen LogP contribution in [0.15, 0.2) is 48.6 Å². The number of hydrogen-bond donors (Lipinski definition) is 4. The summed E-state index contributed by atoms with van der Waals surface area (Å²) in [5, 5.41) is 30.8. The standard InChI is InChI=1S/C45H78O12S/c1-3-5-7-9-11-13-15-17-19-21-23-25-27-29-31-33-40(46)54-35-38(36-55-45-44(50)43(49)42(48)39(57-45)37-58(51,52)53)56-41(47)34-32-30-28-26-24-22-20-18-16-14-12-10-8-6-4-2/h11,13,17,19,28,30,32,34,38-39,42-45,48-50H,3-10,12,14-16,18,20-27,29,31,33,35-37H2,1-2H3,(H,51,52,53)/b13-11+,19-17+,30-28+,34-32+/t38-,39-,42-,43?,44?,45+/m1/s1. The monoisotopic (exact) mass is 843 g/mol. The van der Waals surface area contributed by atoms with Gasteiger partial charge in [-0.2, -0.15) is 8.42 Å². The molecule has 1 rings (SSSR count). The SMILES string of the molecule is CCCCC/C=C/C/C=C/CCCCCCCC(=O)OC[C@H](CO[C@H]1O[C@H](CS(=O)(=O)O)[C@@H](O)C(O)C1O)OC(=O)/C=C/C=C/CCCCCCCCCCCCC. The van der Waals surface area contributed by atoms with Crippen LogP contribution in [-0.2, 0) is 38.7 Å². The van der Waals surface area contributed by atoms with Gasteiger partial charge in [0.15, 0.2) is 12.4 Å². The molecule has 0 aromatic rings. The highest BCUT2D eigenvalue weighted by molar-refractivity contribution is 7.85. The highest BCUT2D eigenvalue weighted by Gasteiger charge is 2.46. The van der Waals surface area contributed by atoms with Gasteiger partial charge in [-0.1, -0.05) is 153 Å². The topological polar surface area (TPSA) is 186 Å². The fourth-order valence-electron chi connectivity index (χ4n) is 6.50. The zero-order valence-corrected chi connectivity index (χ0v) is 36.5. The second-order valence-corrected chi connectivity index (χ2v) is 16.9. The first-order chi connectivity index (χ1) is 28.0. The molecule has 12 nitrogen and oxygen atoms in total. The second-order valence-electron chi connectivity index (χ2n) is 15.4. The van der Waals surface area contributed by atoms with Crippen molar-refractivity contribution < 1.29 is 56.8 Å². The molecule has 336 valence electrons. The zero-order valence-electron chi connectivity index (χ0n) is 35.6. The Morgan fingerprint density at radius 1 is 0.638 bits per heavy atom. The van der Waals surface area contributed by atoms with E-state index >= 15 is 0 Å². The van der Waals surface area contributed by atoms with Gasteiger partial charge in [-0.15, -0.1) is 0 Å². The van der Waals surface area contributed by atoms with E-state index in [4.69, 9.17) is 18.9 Å². The molecule has 1 aliphatic heterocycles. The summed E-state index contributed by atoms with van der Waals surface area (Å²) in [6, 6.07) is 0. The van der Waals surface area contributed by atoms with Crippen LogP contribution in [0.5, 0.6) is 0 Å². The van der Waals surface area contributed by atoms with Crippen molar-refractivity contribution in [3.63, 3.8) is 0 Å². The minimum atomic E-state index is -4.61. The molecule has 0 aromatic heterocycles. The Hall–Kier alpha value is -2.39. The number of allylic oxidation sites excluding steroid dienone is 7. The van der Waals surface area contributed by atoms with Gasteiger partial charge in [0.25, 0.3) is 10.1 Å². The lowest BCUT2D eigenvalue weighted by Gasteiger charge is -2.40. The molecule has 0 spiro atoms. The number of unbranched alkanes of at least 4 members (excludes halogenated alkanes) is 19. The van der Waals surface area contributed by atoms with Crippen LogP contribution in [-0.4, -0.2) is 96.0 Å².